The maximum Gasteiger partial charge on any atom is 0.207 e. The third-order valence-corrected chi connectivity index (χ3v) is 6.11. The van der Waals surface area contributed by atoms with Crippen LogP contribution >= 0.6 is 0 Å². The van der Waals surface area contributed by atoms with Crippen LogP contribution in [0.15, 0.2) is 18.2 Å². The molecule has 1 aliphatic carbocycles. The van der Waals surface area contributed by atoms with Crippen molar-refractivity contribution < 1.29 is 4.79 Å². The van der Waals surface area contributed by atoms with Crippen molar-refractivity contribution >= 4 is 28.1 Å². The Morgan fingerprint density at radius 1 is 0.852 bits per heavy atom. The van der Waals surface area contributed by atoms with Gasteiger partial charge in [0.05, 0.1) is 11.2 Å². The number of allylic oxidation sites excluding steroid dienone is 1. The minimum atomic E-state index is 0.0226. The van der Waals surface area contributed by atoms with Crippen LogP contribution in [0.5, 0.6) is 0 Å². The number of nitrogens with zero attached hydrogens (tertiary/aromatic N) is 4. The fourth-order valence-corrected chi connectivity index (χ4v) is 4.79. The van der Waals surface area contributed by atoms with Gasteiger partial charge in [0.15, 0.2) is 0 Å². The summed E-state index contributed by atoms with van der Waals surface area (Å²) in [6.45, 7) is 6.07. The van der Waals surface area contributed by atoms with Crippen LogP contribution < -0.4 is 4.90 Å². The molecule has 140 valence electrons. The lowest BCUT2D eigenvalue weighted by atomic mass is 9.92. The van der Waals surface area contributed by atoms with E-state index in [4.69, 9.17) is 4.98 Å². The van der Waals surface area contributed by atoms with Crippen LogP contribution in [0.2, 0.25) is 0 Å². The van der Waals surface area contributed by atoms with Gasteiger partial charge in [0.25, 0.3) is 0 Å². The summed E-state index contributed by atoms with van der Waals surface area (Å²) in [6, 6.07) is 4.41. The van der Waals surface area contributed by atoms with E-state index in [0.717, 1.165) is 54.0 Å². The van der Waals surface area contributed by atoms with Gasteiger partial charge >= 0.3 is 0 Å². The van der Waals surface area contributed by atoms with Gasteiger partial charge in [0, 0.05) is 48.9 Å². The molecule has 2 saturated heterocycles. The quantitative estimate of drug-likeness (QED) is 0.809. The van der Waals surface area contributed by atoms with Crippen molar-refractivity contribution in [3.05, 3.63) is 35.3 Å². The van der Waals surface area contributed by atoms with E-state index >= 15 is 0 Å². The number of aryl methyl sites for hydroxylation is 1. The van der Waals surface area contributed by atoms with Crippen molar-refractivity contribution in [3.63, 3.8) is 0 Å². The number of carbonyl (C=O) groups excluding carboxylic acids is 1. The molecule has 2 aliphatic heterocycles. The topological polar surface area (TPSA) is 49.3 Å². The maximum atomic E-state index is 13.0. The van der Waals surface area contributed by atoms with Crippen LogP contribution in [-0.2, 0) is 0 Å². The van der Waals surface area contributed by atoms with Crippen molar-refractivity contribution in [1.29, 1.82) is 0 Å². The van der Waals surface area contributed by atoms with Crippen LogP contribution in [0.4, 0.5) is 5.69 Å². The number of ketones is 1. The molecule has 0 unspecified atom stereocenters. The molecule has 0 atom stereocenters. The second-order valence-corrected chi connectivity index (χ2v) is 7.96. The highest BCUT2D eigenvalue weighted by atomic mass is 16.1. The predicted molar refractivity (Wildman–Crippen MR) is 108 cm³/mol. The van der Waals surface area contributed by atoms with Crippen molar-refractivity contribution in [2.45, 2.75) is 45.4 Å². The molecular formula is C22H26N4O. The lowest BCUT2D eigenvalue weighted by molar-refractivity contribution is 0.104. The second-order valence-electron chi connectivity index (χ2n) is 7.96. The normalized spacial score (nSPS) is 20.2. The van der Waals surface area contributed by atoms with E-state index in [2.05, 4.69) is 26.9 Å². The van der Waals surface area contributed by atoms with Crippen LogP contribution in [0, 0.1) is 6.92 Å². The van der Waals surface area contributed by atoms with Gasteiger partial charge in [-0.15, -0.1) is 0 Å². The molecule has 0 N–H and O–H groups in total. The van der Waals surface area contributed by atoms with Gasteiger partial charge in [-0.2, -0.15) is 0 Å². The molecule has 5 nitrogen and oxygen atoms in total. The van der Waals surface area contributed by atoms with Gasteiger partial charge in [-0.1, -0.05) is 0 Å². The molecule has 0 spiro atoms. The molecule has 27 heavy (non-hydrogen) atoms. The Morgan fingerprint density at radius 2 is 1.52 bits per heavy atom. The first-order valence-electron chi connectivity index (χ1n) is 10.3. The van der Waals surface area contributed by atoms with Gasteiger partial charge in [-0.25, -0.2) is 9.97 Å². The minimum Gasteiger partial charge on any atom is -0.371 e. The molecule has 1 aromatic heterocycles. The highest BCUT2D eigenvalue weighted by Gasteiger charge is 2.29. The Hall–Kier alpha value is -2.43. The average Bonchev–Trinajstić information content (AvgIpc) is 2.71. The number of piperidine rings is 2. The van der Waals surface area contributed by atoms with Crippen molar-refractivity contribution in [2.75, 3.05) is 31.1 Å². The molecule has 5 rings (SSSR count). The molecule has 3 aliphatic rings. The second kappa shape index (κ2) is 6.63. The Kier molecular flexibility index (Phi) is 4.10. The van der Waals surface area contributed by atoms with Crippen LogP contribution in [0.1, 0.15) is 60.4 Å². The largest absolute Gasteiger partial charge is 0.371 e. The van der Waals surface area contributed by atoms with E-state index in [1.54, 1.807) is 6.08 Å². The first kappa shape index (κ1) is 16.7. The number of carbonyl (C=O) groups is 1. The number of anilines is 1. The van der Waals surface area contributed by atoms with E-state index in [-0.39, 0.29) is 5.78 Å². The van der Waals surface area contributed by atoms with E-state index in [1.165, 1.54) is 38.5 Å². The number of aromatic nitrogens is 2. The molecule has 2 aromatic rings. The van der Waals surface area contributed by atoms with E-state index in [1.807, 2.05) is 6.92 Å². The summed E-state index contributed by atoms with van der Waals surface area (Å²) in [4.78, 5) is 27.1. The summed E-state index contributed by atoms with van der Waals surface area (Å²) in [6.07, 6.45) is 9.20. The number of likely N-dealkylation sites (tertiary alicyclic amines) is 1. The zero-order valence-electron chi connectivity index (χ0n) is 16.0. The molecule has 3 heterocycles. The molecule has 0 radical (unpaired) electrons. The van der Waals surface area contributed by atoms with Crippen LogP contribution in [0.25, 0.3) is 16.6 Å². The zero-order valence-corrected chi connectivity index (χ0v) is 16.0. The maximum absolute atomic E-state index is 13.0. The fraction of sp³-hybridized carbons (Fsp3) is 0.500. The zero-order chi connectivity index (χ0) is 18.4. The summed E-state index contributed by atoms with van der Waals surface area (Å²) in [5.41, 5.74) is 4.88. The van der Waals surface area contributed by atoms with E-state index in [9.17, 15) is 4.79 Å². The summed E-state index contributed by atoms with van der Waals surface area (Å²) in [5, 5.41) is 0.955. The molecule has 2 fully saturated rings. The van der Waals surface area contributed by atoms with Gasteiger partial charge in [0.2, 0.25) is 5.78 Å². The average molecular weight is 362 g/mol. The minimum absolute atomic E-state index is 0.0226. The van der Waals surface area contributed by atoms with Gasteiger partial charge in [0.1, 0.15) is 11.5 Å². The Morgan fingerprint density at radius 3 is 2.22 bits per heavy atom. The molecular weight excluding hydrogens is 336 g/mol. The number of hydrogen-bond donors (Lipinski definition) is 0. The molecule has 0 bridgehead atoms. The number of hydrogen-bond acceptors (Lipinski definition) is 5. The van der Waals surface area contributed by atoms with Crippen molar-refractivity contribution in [1.82, 2.24) is 14.9 Å². The van der Waals surface area contributed by atoms with Crippen LogP contribution in [0.3, 0.4) is 0 Å². The smallest absolute Gasteiger partial charge is 0.207 e. The summed E-state index contributed by atoms with van der Waals surface area (Å²) < 4.78 is 0. The summed E-state index contributed by atoms with van der Waals surface area (Å²) >= 11 is 0. The fourth-order valence-electron chi connectivity index (χ4n) is 4.79. The highest BCUT2D eigenvalue weighted by molar-refractivity contribution is 6.21. The third-order valence-electron chi connectivity index (χ3n) is 6.11. The standard InChI is InChI=1S/C22H26N4O/c1-15-23-21-17(25-10-4-2-5-11-25)9-8-16-18(26-12-6-3-7-13-26)14-19(27)22(24-15)20(16)21/h8-9,14H,2-7,10-13H2,1H3. The SMILES string of the molecule is Cc1nc2c3c(ccc(N4CCCCC4)c3n1)C(N1CCCCC1)=CC2=O. The molecule has 5 heteroatoms. The first-order valence-corrected chi connectivity index (χ1v) is 10.3. The monoisotopic (exact) mass is 362 g/mol. The van der Waals surface area contributed by atoms with Gasteiger partial charge in [-0.3, -0.25) is 4.79 Å². The number of rotatable bonds is 2. The molecule has 1 aromatic carbocycles. The lowest BCUT2D eigenvalue weighted by Crippen LogP contribution is -2.31. The summed E-state index contributed by atoms with van der Waals surface area (Å²) in [5.74, 6) is 0.699. The van der Waals surface area contributed by atoms with E-state index < -0.39 is 0 Å². The first-order chi connectivity index (χ1) is 13.2. The Labute approximate surface area is 160 Å². The highest BCUT2D eigenvalue weighted by Crippen LogP contribution is 2.39. The Bertz CT molecular complexity index is 937. The Balaban J connectivity index is 1.70. The van der Waals surface area contributed by atoms with Crippen molar-refractivity contribution in [2.24, 2.45) is 0 Å². The lowest BCUT2D eigenvalue weighted by Gasteiger charge is -2.34. The molecule has 0 amide bonds. The predicted octanol–water partition coefficient (Wildman–Crippen LogP) is 3.95. The van der Waals surface area contributed by atoms with Gasteiger partial charge in [-0.05, 0) is 57.6 Å². The third kappa shape index (κ3) is 2.80. The van der Waals surface area contributed by atoms with Crippen LogP contribution in [-0.4, -0.2) is 46.8 Å². The van der Waals surface area contributed by atoms with Crippen molar-refractivity contribution in [3.8, 4) is 0 Å². The van der Waals surface area contributed by atoms with Gasteiger partial charge < -0.3 is 9.80 Å². The summed E-state index contributed by atoms with van der Waals surface area (Å²) in [7, 11) is 0. The number of benzene rings is 1. The van der Waals surface area contributed by atoms with E-state index in [0.29, 0.717) is 11.5 Å². The molecule has 0 saturated carbocycles.